The number of halogens is 1. The average Bonchev–Trinajstić information content (AvgIpc) is 3.06. The Morgan fingerprint density at radius 1 is 1.23 bits per heavy atom. The summed E-state index contributed by atoms with van der Waals surface area (Å²) in [6, 6.07) is 6.69. The first-order valence-electron chi connectivity index (χ1n) is 8.30. The van der Waals surface area contributed by atoms with Gasteiger partial charge in [0.05, 0.1) is 12.0 Å². The Balaban J connectivity index is 1.84. The van der Waals surface area contributed by atoms with Gasteiger partial charge < -0.3 is 9.47 Å². The highest BCUT2D eigenvalue weighted by molar-refractivity contribution is 5.92. The average molecular weight is 353 g/mol. The highest BCUT2D eigenvalue weighted by atomic mass is 19.1. The van der Waals surface area contributed by atoms with E-state index in [1.54, 1.807) is 34.3 Å². The lowest BCUT2D eigenvalue weighted by molar-refractivity contribution is 0.0684. The van der Waals surface area contributed by atoms with Gasteiger partial charge in [-0.15, -0.1) is 0 Å². The Morgan fingerprint density at radius 2 is 2.04 bits per heavy atom. The minimum atomic E-state index is -0.531. The van der Waals surface area contributed by atoms with E-state index in [-0.39, 0.29) is 11.9 Å². The summed E-state index contributed by atoms with van der Waals surface area (Å²) in [5.74, 6) is -0.653. The first-order chi connectivity index (χ1) is 12.4. The van der Waals surface area contributed by atoms with Crippen LogP contribution in [-0.4, -0.2) is 36.4 Å². The van der Waals surface area contributed by atoms with E-state index in [4.69, 9.17) is 0 Å². The molecule has 3 aromatic heterocycles. The lowest BCUT2D eigenvalue weighted by atomic mass is 10.1. The summed E-state index contributed by atoms with van der Waals surface area (Å²) in [5, 5.41) is 0. The fourth-order valence-electron chi connectivity index (χ4n) is 2.61. The van der Waals surface area contributed by atoms with Crippen molar-refractivity contribution in [2.75, 3.05) is 0 Å². The maximum absolute atomic E-state index is 13.0. The standard InChI is InChI=1S/C19H20FN5O/c1-13(2)25(19(26)17-11-24(3)12-23-17)10-14-6-7-21-16(8-14)15-4-5-18(20)22-9-15/h4-9,11-13H,10H2,1-3H3. The molecule has 0 saturated carbocycles. The second-order valence-corrected chi connectivity index (χ2v) is 6.37. The highest BCUT2D eigenvalue weighted by Crippen LogP contribution is 2.19. The predicted molar refractivity (Wildman–Crippen MR) is 95.6 cm³/mol. The summed E-state index contributed by atoms with van der Waals surface area (Å²) in [4.78, 5) is 26.7. The SMILES string of the molecule is CC(C)N(Cc1ccnc(-c2ccc(F)nc2)c1)C(=O)c1cn(C)cn1. The molecular weight excluding hydrogens is 333 g/mol. The largest absolute Gasteiger partial charge is 0.340 e. The number of pyridine rings is 2. The monoisotopic (exact) mass is 353 g/mol. The van der Waals surface area contributed by atoms with Crippen molar-refractivity contribution in [2.45, 2.75) is 26.4 Å². The molecule has 0 aromatic carbocycles. The van der Waals surface area contributed by atoms with E-state index in [0.717, 1.165) is 11.1 Å². The van der Waals surface area contributed by atoms with E-state index in [2.05, 4.69) is 15.0 Å². The zero-order chi connectivity index (χ0) is 18.7. The Kier molecular flexibility index (Phi) is 5.06. The third-order valence-electron chi connectivity index (χ3n) is 4.01. The molecule has 0 unspecified atom stereocenters. The molecule has 6 nitrogen and oxygen atoms in total. The van der Waals surface area contributed by atoms with E-state index in [1.165, 1.54) is 12.3 Å². The van der Waals surface area contributed by atoms with Crippen LogP contribution in [-0.2, 0) is 13.6 Å². The molecule has 0 radical (unpaired) electrons. The van der Waals surface area contributed by atoms with Crippen LogP contribution in [0.4, 0.5) is 4.39 Å². The van der Waals surface area contributed by atoms with Crippen LogP contribution in [0.5, 0.6) is 0 Å². The van der Waals surface area contributed by atoms with Crippen molar-refractivity contribution in [1.82, 2.24) is 24.4 Å². The molecule has 0 spiro atoms. The molecule has 0 atom stereocenters. The van der Waals surface area contributed by atoms with Crippen molar-refractivity contribution >= 4 is 5.91 Å². The lowest BCUT2D eigenvalue weighted by Crippen LogP contribution is -2.36. The Morgan fingerprint density at radius 3 is 2.65 bits per heavy atom. The second-order valence-electron chi connectivity index (χ2n) is 6.37. The second kappa shape index (κ2) is 7.43. The summed E-state index contributed by atoms with van der Waals surface area (Å²) in [7, 11) is 1.83. The topological polar surface area (TPSA) is 63.9 Å². The van der Waals surface area contributed by atoms with Crippen LogP contribution in [0.1, 0.15) is 29.9 Å². The van der Waals surface area contributed by atoms with Gasteiger partial charge in [0, 0.05) is 43.8 Å². The van der Waals surface area contributed by atoms with Crippen LogP contribution < -0.4 is 0 Å². The molecular formula is C19H20FN5O. The van der Waals surface area contributed by atoms with Gasteiger partial charge in [0.1, 0.15) is 5.69 Å². The summed E-state index contributed by atoms with van der Waals surface area (Å²) in [5.41, 5.74) is 2.75. The maximum Gasteiger partial charge on any atom is 0.274 e. The molecule has 0 bridgehead atoms. The van der Waals surface area contributed by atoms with Gasteiger partial charge in [-0.05, 0) is 43.7 Å². The minimum Gasteiger partial charge on any atom is -0.340 e. The minimum absolute atomic E-state index is 0.00797. The van der Waals surface area contributed by atoms with Crippen molar-refractivity contribution in [3.05, 3.63) is 66.4 Å². The molecule has 0 N–H and O–H groups in total. The van der Waals surface area contributed by atoms with Crippen LogP contribution in [0.3, 0.4) is 0 Å². The van der Waals surface area contributed by atoms with Crippen molar-refractivity contribution in [3.8, 4) is 11.3 Å². The van der Waals surface area contributed by atoms with Crippen LogP contribution in [0.25, 0.3) is 11.3 Å². The molecule has 0 aliphatic rings. The van der Waals surface area contributed by atoms with Gasteiger partial charge in [-0.1, -0.05) is 0 Å². The Bertz CT molecular complexity index is 904. The van der Waals surface area contributed by atoms with Gasteiger partial charge in [0.25, 0.3) is 5.91 Å². The summed E-state index contributed by atoms with van der Waals surface area (Å²) in [6.07, 6.45) is 6.44. The van der Waals surface area contributed by atoms with Gasteiger partial charge in [-0.2, -0.15) is 4.39 Å². The van der Waals surface area contributed by atoms with Gasteiger partial charge in [0.15, 0.2) is 0 Å². The van der Waals surface area contributed by atoms with Crippen molar-refractivity contribution in [2.24, 2.45) is 7.05 Å². The van der Waals surface area contributed by atoms with Crippen molar-refractivity contribution in [3.63, 3.8) is 0 Å². The molecule has 0 fully saturated rings. The number of carbonyl (C=O) groups excluding carboxylic acids is 1. The van der Waals surface area contributed by atoms with E-state index in [9.17, 15) is 9.18 Å². The third-order valence-corrected chi connectivity index (χ3v) is 4.01. The molecule has 1 amide bonds. The van der Waals surface area contributed by atoms with E-state index >= 15 is 0 Å². The molecule has 0 aliphatic heterocycles. The molecule has 0 aliphatic carbocycles. The zero-order valence-electron chi connectivity index (χ0n) is 14.9. The number of rotatable bonds is 5. The number of hydrogen-bond donors (Lipinski definition) is 0. The predicted octanol–water partition coefficient (Wildman–Crippen LogP) is 3.07. The first kappa shape index (κ1) is 17.7. The van der Waals surface area contributed by atoms with E-state index in [0.29, 0.717) is 17.9 Å². The molecule has 134 valence electrons. The zero-order valence-corrected chi connectivity index (χ0v) is 14.9. The molecule has 3 rings (SSSR count). The normalized spacial score (nSPS) is 11.0. The highest BCUT2D eigenvalue weighted by Gasteiger charge is 2.21. The number of aromatic nitrogens is 4. The lowest BCUT2D eigenvalue weighted by Gasteiger charge is -2.26. The summed E-state index contributed by atoms with van der Waals surface area (Å²) >= 11 is 0. The Hall–Kier alpha value is -3.09. The van der Waals surface area contributed by atoms with Crippen molar-refractivity contribution in [1.29, 1.82) is 0 Å². The van der Waals surface area contributed by atoms with Crippen LogP contribution in [0.2, 0.25) is 0 Å². The first-order valence-corrected chi connectivity index (χ1v) is 8.30. The number of carbonyl (C=O) groups is 1. The molecule has 26 heavy (non-hydrogen) atoms. The fourth-order valence-corrected chi connectivity index (χ4v) is 2.61. The summed E-state index contributed by atoms with van der Waals surface area (Å²) < 4.78 is 14.8. The summed E-state index contributed by atoms with van der Waals surface area (Å²) in [6.45, 7) is 4.36. The number of amides is 1. The van der Waals surface area contributed by atoms with Crippen LogP contribution in [0, 0.1) is 5.95 Å². The van der Waals surface area contributed by atoms with Gasteiger partial charge in [-0.25, -0.2) is 9.97 Å². The van der Waals surface area contributed by atoms with Crippen LogP contribution >= 0.6 is 0 Å². The molecule has 0 saturated heterocycles. The fraction of sp³-hybridized carbons (Fsp3) is 0.263. The smallest absolute Gasteiger partial charge is 0.274 e. The quantitative estimate of drug-likeness (QED) is 0.661. The molecule has 3 heterocycles. The van der Waals surface area contributed by atoms with Gasteiger partial charge in [0.2, 0.25) is 5.95 Å². The maximum atomic E-state index is 13.0. The number of hydrogen-bond acceptors (Lipinski definition) is 4. The number of imidazole rings is 1. The van der Waals surface area contributed by atoms with Gasteiger partial charge >= 0.3 is 0 Å². The molecule has 3 aromatic rings. The number of nitrogens with zero attached hydrogens (tertiary/aromatic N) is 5. The van der Waals surface area contributed by atoms with Crippen LogP contribution in [0.15, 0.2) is 49.2 Å². The van der Waals surface area contributed by atoms with E-state index in [1.807, 2.05) is 33.0 Å². The molecule has 7 heteroatoms. The van der Waals surface area contributed by atoms with E-state index < -0.39 is 5.95 Å². The van der Waals surface area contributed by atoms with Gasteiger partial charge in [-0.3, -0.25) is 9.78 Å². The Labute approximate surface area is 151 Å². The van der Waals surface area contributed by atoms with Crippen molar-refractivity contribution < 1.29 is 9.18 Å². The number of aryl methyl sites for hydroxylation is 1. The third kappa shape index (κ3) is 3.93.